The molecule has 0 saturated heterocycles. The first-order valence-electron chi connectivity index (χ1n) is 11.8. The SMILES string of the molecule is CCOCCCN(CC(=O)N1CCc2sccc2C1c1ccc(Cl)cc1Cl)C(=O)c1ccc(F)cc1. The smallest absolute Gasteiger partial charge is 0.254 e. The highest BCUT2D eigenvalue weighted by atomic mass is 35.5. The Hall–Kier alpha value is -2.45. The lowest BCUT2D eigenvalue weighted by atomic mass is 9.93. The molecule has 0 radical (unpaired) electrons. The monoisotopic (exact) mass is 548 g/mol. The van der Waals surface area contributed by atoms with E-state index < -0.39 is 5.82 Å². The van der Waals surface area contributed by atoms with E-state index in [-0.39, 0.29) is 24.4 Å². The number of ether oxygens (including phenoxy) is 1. The van der Waals surface area contributed by atoms with E-state index in [0.717, 1.165) is 17.5 Å². The average Bonchev–Trinajstić information content (AvgIpc) is 3.35. The maximum Gasteiger partial charge on any atom is 0.254 e. The van der Waals surface area contributed by atoms with Gasteiger partial charge in [0.2, 0.25) is 5.91 Å². The second-order valence-corrected chi connectivity index (χ2v) is 10.3. The lowest BCUT2D eigenvalue weighted by Gasteiger charge is -2.38. The molecule has 3 aromatic rings. The highest BCUT2D eigenvalue weighted by Gasteiger charge is 2.35. The van der Waals surface area contributed by atoms with E-state index in [9.17, 15) is 14.0 Å². The molecule has 2 heterocycles. The van der Waals surface area contributed by atoms with Crippen LogP contribution in [0.5, 0.6) is 0 Å². The Kier molecular flexibility index (Phi) is 9.01. The maximum absolute atomic E-state index is 13.8. The first-order chi connectivity index (χ1) is 17.4. The standard InChI is InChI=1S/C27H27Cl2FN2O3S/c1-2-35-14-3-12-31(27(34)18-4-7-20(30)8-5-18)17-25(33)32-13-10-24-22(11-15-36-24)26(32)21-9-6-19(28)16-23(21)29/h4-9,11,15-16,26H,2-3,10,12-14,17H2,1H3. The predicted octanol–water partition coefficient (Wildman–Crippen LogP) is 6.24. The van der Waals surface area contributed by atoms with Gasteiger partial charge in [0, 0.05) is 46.8 Å². The van der Waals surface area contributed by atoms with E-state index in [1.54, 1.807) is 28.4 Å². The normalized spacial score (nSPS) is 15.0. The molecule has 4 rings (SSSR count). The summed E-state index contributed by atoms with van der Waals surface area (Å²) in [7, 11) is 0. The third-order valence-corrected chi connectivity index (χ3v) is 7.73. The zero-order valence-corrected chi connectivity index (χ0v) is 22.2. The molecule has 190 valence electrons. The second-order valence-electron chi connectivity index (χ2n) is 8.49. The highest BCUT2D eigenvalue weighted by Crippen LogP contribution is 2.41. The number of hydrogen-bond acceptors (Lipinski definition) is 4. The van der Waals surface area contributed by atoms with Crippen LogP contribution in [0.25, 0.3) is 0 Å². The summed E-state index contributed by atoms with van der Waals surface area (Å²) in [5, 5.41) is 3.03. The molecular formula is C27H27Cl2FN2O3S. The minimum absolute atomic E-state index is 0.108. The Labute approximate surface area is 224 Å². The van der Waals surface area contributed by atoms with Crippen LogP contribution in [0.1, 0.15) is 45.7 Å². The summed E-state index contributed by atoms with van der Waals surface area (Å²) in [6, 6.07) is 12.3. The molecule has 0 fully saturated rings. The van der Waals surface area contributed by atoms with Gasteiger partial charge in [0.25, 0.3) is 5.91 Å². The van der Waals surface area contributed by atoms with Crippen molar-refractivity contribution >= 4 is 46.4 Å². The Morgan fingerprint density at radius 1 is 1.14 bits per heavy atom. The van der Waals surface area contributed by atoms with Crippen LogP contribution >= 0.6 is 34.5 Å². The number of nitrogens with zero attached hydrogens (tertiary/aromatic N) is 2. The number of fused-ring (bicyclic) bond motifs is 1. The van der Waals surface area contributed by atoms with Crippen molar-refractivity contribution in [2.75, 3.05) is 32.8 Å². The Bertz CT molecular complexity index is 1220. The predicted molar refractivity (Wildman–Crippen MR) is 141 cm³/mol. The van der Waals surface area contributed by atoms with Crippen molar-refractivity contribution in [2.24, 2.45) is 0 Å². The molecule has 0 bridgehead atoms. The molecule has 2 aromatic carbocycles. The lowest BCUT2D eigenvalue weighted by Crippen LogP contribution is -2.47. The van der Waals surface area contributed by atoms with Crippen molar-refractivity contribution in [2.45, 2.75) is 25.8 Å². The number of amides is 2. The number of benzene rings is 2. The summed E-state index contributed by atoms with van der Waals surface area (Å²) >= 11 is 14.4. The summed E-state index contributed by atoms with van der Waals surface area (Å²) in [5.41, 5.74) is 2.16. The minimum Gasteiger partial charge on any atom is -0.382 e. The van der Waals surface area contributed by atoms with Gasteiger partial charge in [-0.05, 0) is 78.7 Å². The fourth-order valence-corrected chi connectivity index (χ4v) is 5.84. The molecule has 36 heavy (non-hydrogen) atoms. The molecule has 0 aliphatic carbocycles. The molecule has 0 spiro atoms. The maximum atomic E-state index is 13.8. The van der Waals surface area contributed by atoms with Gasteiger partial charge in [-0.2, -0.15) is 0 Å². The number of carbonyl (C=O) groups is 2. The molecule has 5 nitrogen and oxygen atoms in total. The van der Waals surface area contributed by atoms with Gasteiger partial charge in [0.05, 0.1) is 6.04 Å². The molecule has 2 amide bonds. The summed E-state index contributed by atoms with van der Waals surface area (Å²) in [6.07, 6.45) is 1.31. The zero-order chi connectivity index (χ0) is 25.7. The summed E-state index contributed by atoms with van der Waals surface area (Å²) in [6.45, 7) is 3.69. The molecule has 0 N–H and O–H groups in total. The van der Waals surface area contributed by atoms with Crippen LogP contribution in [0.2, 0.25) is 10.0 Å². The molecule has 0 saturated carbocycles. The second kappa shape index (κ2) is 12.2. The van der Waals surface area contributed by atoms with Crippen molar-refractivity contribution in [3.05, 3.63) is 91.3 Å². The van der Waals surface area contributed by atoms with Gasteiger partial charge < -0.3 is 14.5 Å². The van der Waals surface area contributed by atoms with Crippen LogP contribution in [-0.2, 0) is 16.0 Å². The molecule has 1 atom stereocenters. The van der Waals surface area contributed by atoms with Crippen LogP contribution in [0.15, 0.2) is 53.9 Å². The van der Waals surface area contributed by atoms with Crippen molar-refractivity contribution in [1.82, 2.24) is 9.80 Å². The van der Waals surface area contributed by atoms with Crippen molar-refractivity contribution in [3.8, 4) is 0 Å². The van der Waals surface area contributed by atoms with E-state index in [1.807, 2.05) is 24.4 Å². The fraction of sp³-hybridized carbons (Fsp3) is 0.333. The number of rotatable bonds is 9. The van der Waals surface area contributed by atoms with Gasteiger partial charge in [0.15, 0.2) is 0 Å². The molecule has 1 aliphatic heterocycles. The molecule has 9 heteroatoms. The largest absolute Gasteiger partial charge is 0.382 e. The quantitative estimate of drug-likeness (QED) is 0.297. The van der Waals surface area contributed by atoms with Crippen molar-refractivity contribution in [1.29, 1.82) is 0 Å². The third-order valence-electron chi connectivity index (χ3n) is 6.17. The van der Waals surface area contributed by atoms with Crippen LogP contribution in [-0.4, -0.2) is 54.5 Å². The van der Waals surface area contributed by atoms with Gasteiger partial charge in [-0.15, -0.1) is 11.3 Å². The molecule has 1 aliphatic rings. The topological polar surface area (TPSA) is 49.9 Å². The Morgan fingerprint density at radius 3 is 2.64 bits per heavy atom. The number of halogens is 3. The van der Waals surface area contributed by atoms with E-state index in [4.69, 9.17) is 27.9 Å². The van der Waals surface area contributed by atoms with Gasteiger partial charge in [0.1, 0.15) is 12.4 Å². The van der Waals surface area contributed by atoms with Gasteiger partial charge >= 0.3 is 0 Å². The minimum atomic E-state index is -0.423. The van der Waals surface area contributed by atoms with E-state index in [2.05, 4.69) is 0 Å². The summed E-state index contributed by atoms with van der Waals surface area (Å²) in [5.74, 6) is -0.933. The average molecular weight is 549 g/mol. The van der Waals surface area contributed by atoms with Gasteiger partial charge in [-0.3, -0.25) is 9.59 Å². The summed E-state index contributed by atoms with van der Waals surface area (Å²) < 4.78 is 18.9. The zero-order valence-electron chi connectivity index (χ0n) is 19.9. The molecular weight excluding hydrogens is 522 g/mol. The van der Waals surface area contributed by atoms with Gasteiger partial charge in [-0.25, -0.2) is 4.39 Å². The number of carbonyl (C=O) groups excluding carboxylic acids is 2. The lowest BCUT2D eigenvalue weighted by molar-refractivity contribution is -0.134. The number of thiophene rings is 1. The Morgan fingerprint density at radius 2 is 1.92 bits per heavy atom. The third kappa shape index (κ3) is 6.09. The number of hydrogen-bond donors (Lipinski definition) is 0. The van der Waals surface area contributed by atoms with Gasteiger partial charge in [-0.1, -0.05) is 29.3 Å². The fourth-order valence-electron chi connectivity index (χ4n) is 4.43. The summed E-state index contributed by atoms with van der Waals surface area (Å²) in [4.78, 5) is 31.6. The first-order valence-corrected chi connectivity index (χ1v) is 13.5. The van der Waals surface area contributed by atoms with Crippen LogP contribution in [0, 0.1) is 5.82 Å². The molecule has 1 unspecified atom stereocenters. The first kappa shape index (κ1) is 26.6. The van der Waals surface area contributed by atoms with Crippen LogP contribution < -0.4 is 0 Å². The van der Waals surface area contributed by atoms with Crippen molar-refractivity contribution < 1.29 is 18.7 Å². The van der Waals surface area contributed by atoms with Crippen molar-refractivity contribution in [3.63, 3.8) is 0 Å². The van der Waals surface area contributed by atoms with E-state index in [1.165, 1.54) is 34.0 Å². The van der Waals surface area contributed by atoms with E-state index in [0.29, 0.717) is 48.3 Å². The Balaban J connectivity index is 1.60. The highest BCUT2D eigenvalue weighted by molar-refractivity contribution is 7.10. The van der Waals surface area contributed by atoms with E-state index >= 15 is 0 Å². The van der Waals surface area contributed by atoms with Crippen LogP contribution in [0.4, 0.5) is 4.39 Å². The van der Waals surface area contributed by atoms with Crippen LogP contribution in [0.3, 0.4) is 0 Å². The molecule has 1 aromatic heterocycles.